The van der Waals surface area contributed by atoms with Crippen molar-refractivity contribution in [1.29, 1.82) is 0 Å². The van der Waals surface area contributed by atoms with Gasteiger partial charge in [0.2, 0.25) is 5.91 Å². The second-order valence-electron chi connectivity index (χ2n) is 5.89. The van der Waals surface area contributed by atoms with Crippen LogP contribution in [-0.2, 0) is 4.79 Å². The maximum atomic E-state index is 12.4. The molecule has 0 spiro atoms. The van der Waals surface area contributed by atoms with Crippen LogP contribution >= 0.6 is 15.9 Å². The minimum Gasteiger partial charge on any atom is -0.342 e. The van der Waals surface area contributed by atoms with Crippen LogP contribution in [0.25, 0.3) is 0 Å². The fraction of sp³-hybridized carbons (Fsp3) is 0.938. The summed E-state index contributed by atoms with van der Waals surface area (Å²) in [6.45, 7) is 10.2. The summed E-state index contributed by atoms with van der Waals surface area (Å²) in [4.78, 5) is 14.4. The molecule has 0 aromatic heterocycles. The lowest BCUT2D eigenvalue weighted by molar-refractivity contribution is -0.132. The quantitative estimate of drug-likeness (QED) is 0.378. The number of carbonyl (C=O) groups excluding carboxylic acids is 1. The molecule has 114 valence electrons. The number of alkyl halides is 1. The van der Waals surface area contributed by atoms with Crippen molar-refractivity contribution in [3.63, 3.8) is 0 Å². The van der Waals surface area contributed by atoms with Crippen LogP contribution in [0.2, 0.25) is 0 Å². The summed E-state index contributed by atoms with van der Waals surface area (Å²) in [5, 5.41) is 0. The van der Waals surface area contributed by atoms with Gasteiger partial charge in [0.15, 0.2) is 0 Å². The van der Waals surface area contributed by atoms with Gasteiger partial charge in [-0.15, -0.1) is 0 Å². The Morgan fingerprint density at radius 2 is 1.32 bits per heavy atom. The van der Waals surface area contributed by atoms with Crippen molar-refractivity contribution in [1.82, 2.24) is 4.90 Å². The Balaban J connectivity index is 4.18. The van der Waals surface area contributed by atoms with Crippen molar-refractivity contribution in [2.75, 3.05) is 13.1 Å². The lowest BCUT2D eigenvalue weighted by Crippen LogP contribution is -2.42. The van der Waals surface area contributed by atoms with E-state index in [1.807, 2.05) is 13.8 Å². The first-order valence-corrected chi connectivity index (χ1v) is 8.71. The molecule has 0 fully saturated rings. The van der Waals surface area contributed by atoms with Gasteiger partial charge in [0.05, 0.1) is 4.32 Å². The highest BCUT2D eigenvalue weighted by Crippen LogP contribution is 2.20. The fourth-order valence-electron chi connectivity index (χ4n) is 2.15. The molecule has 0 aliphatic heterocycles. The van der Waals surface area contributed by atoms with Crippen LogP contribution in [-0.4, -0.2) is 28.2 Å². The van der Waals surface area contributed by atoms with Gasteiger partial charge in [0, 0.05) is 13.1 Å². The normalized spacial score (nSPS) is 11.6. The van der Waals surface area contributed by atoms with Gasteiger partial charge in [0.1, 0.15) is 0 Å². The first kappa shape index (κ1) is 18.9. The van der Waals surface area contributed by atoms with E-state index in [-0.39, 0.29) is 5.91 Å². The van der Waals surface area contributed by atoms with Crippen molar-refractivity contribution in [3.8, 4) is 0 Å². The predicted octanol–water partition coefficient (Wildman–Crippen LogP) is 5.15. The molecule has 0 aliphatic rings. The van der Waals surface area contributed by atoms with Crippen LogP contribution < -0.4 is 0 Å². The van der Waals surface area contributed by atoms with Gasteiger partial charge in [-0.3, -0.25) is 4.79 Å². The molecule has 0 saturated carbocycles. The summed E-state index contributed by atoms with van der Waals surface area (Å²) < 4.78 is -0.428. The van der Waals surface area contributed by atoms with Crippen molar-refractivity contribution in [2.24, 2.45) is 0 Å². The molecule has 0 bridgehead atoms. The summed E-state index contributed by atoms with van der Waals surface area (Å²) >= 11 is 3.50. The van der Waals surface area contributed by atoms with E-state index in [0.29, 0.717) is 0 Å². The molecule has 3 heteroatoms. The van der Waals surface area contributed by atoms with Gasteiger partial charge >= 0.3 is 0 Å². The summed E-state index contributed by atoms with van der Waals surface area (Å²) in [7, 11) is 0. The highest BCUT2D eigenvalue weighted by atomic mass is 79.9. The number of hydrogen-bond donors (Lipinski definition) is 0. The van der Waals surface area contributed by atoms with E-state index in [2.05, 4.69) is 34.7 Å². The van der Waals surface area contributed by atoms with E-state index in [0.717, 1.165) is 25.9 Å². The minimum absolute atomic E-state index is 0.237. The molecule has 0 aromatic rings. The molecular formula is C16H32BrNO. The molecule has 0 aromatic carbocycles. The first-order chi connectivity index (χ1) is 8.93. The van der Waals surface area contributed by atoms with Gasteiger partial charge < -0.3 is 4.90 Å². The Bertz CT molecular complexity index is 223. The van der Waals surface area contributed by atoms with Crippen molar-refractivity contribution in [2.45, 2.75) is 83.4 Å². The standard InChI is InChI=1S/C16H32BrNO/c1-5-7-9-11-13-18(14-12-10-8-6-2)15(19)16(3,4)17/h5-14H2,1-4H3. The molecule has 0 atom stereocenters. The van der Waals surface area contributed by atoms with Crippen molar-refractivity contribution in [3.05, 3.63) is 0 Å². The lowest BCUT2D eigenvalue weighted by Gasteiger charge is -2.28. The van der Waals surface area contributed by atoms with Gasteiger partial charge in [-0.25, -0.2) is 0 Å². The molecule has 1 amide bonds. The molecule has 0 radical (unpaired) electrons. The van der Waals surface area contributed by atoms with E-state index in [4.69, 9.17) is 0 Å². The topological polar surface area (TPSA) is 20.3 Å². The maximum absolute atomic E-state index is 12.4. The van der Waals surface area contributed by atoms with Gasteiger partial charge in [-0.2, -0.15) is 0 Å². The summed E-state index contributed by atoms with van der Waals surface area (Å²) in [5.41, 5.74) is 0. The average Bonchev–Trinajstić information content (AvgIpc) is 2.35. The number of hydrogen-bond acceptors (Lipinski definition) is 1. The number of carbonyl (C=O) groups is 1. The van der Waals surface area contributed by atoms with Crippen LogP contribution in [0, 0.1) is 0 Å². The fourth-order valence-corrected chi connectivity index (χ4v) is 2.40. The number of halogens is 1. The van der Waals surface area contributed by atoms with E-state index in [9.17, 15) is 4.79 Å². The van der Waals surface area contributed by atoms with Crippen molar-refractivity contribution >= 4 is 21.8 Å². The Labute approximate surface area is 128 Å². The largest absolute Gasteiger partial charge is 0.342 e. The van der Waals surface area contributed by atoms with E-state index in [1.165, 1.54) is 38.5 Å². The third-order valence-corrected chi connectivity index (χ3v) is 3.70. The molecule has 0 aliphatic carbocycles. The number of rotatable bonds is 11. The smallest absolute Gasteiger partial charge is 0.238 e. The van der Waals surface area contributed by atoms with E-state index < -0.39 is 4.32 Å². The summed E-state index contributed by atoms with van der Waals surface area (Å²) in [6, 6.07) is 0. The van der Waals surface area contributed by atoms with Gasteiger partial charge in [-0.05, 0) is 26.7 Å². The maximum Gasteiger partial charge on any atom is 0.238 e. The minimum atomic E-state index is -0.428. The van der Waals surface area contributed by atoms with Gasteiger partial charge in [0.25, 0.3) is 0 Å². The van der Waals surface area contributed by atoms with Crippen LogP contribution in [0.15, 0.2) is 0 Å². The molecule has 2 nitrogen and oxygen atoms in total. The lowest BCUT2D eigenvalue weighted by atomic mass is 10.1. The van der Waals surface area contributed by atoms with Crippen LogP contribution in [0.5, 0.6) is 0 Å². The average molecular weight is 334 g/mol. The van der Waals surface area contributed by atoms with Crippen LogP contribution in [0.3, 0.4) is 0 Å². The third-order valence-electron chi connectivity index (χ3n) is 3.36. The van der Waals surface area contributed by atoms with Gasteiger partial charge in [-0.1, -0.05) is 68.3 Å². The zero-order chi connectivity index (χ0) is 14.7. The zero-order valence-corrected chi connectivity index (χ0v) is 14.9. The molecule has 0 N–H and O–H groups in total. The monoisotopic (exact) mass is 333 g/mol. The Hall–Kier alpha value is -0.0500. The zero-order valence-electron chi connectivity index (χ0n) is 13.3. The highest BCUT2D eigenvalue weighted by molar-refractivity contribution is 9.10. The predicted molar refractivity (Wildman–Crippen MR) is 87.9 cm³/mol. The number of nitrogens with zero attached hydrogens (tertiary/aromatic N) is 1. The molecule has 0 unspecified atom stereocenters. The summed E-state index contributed by atoms with van der Waals surface area (Å²) in [5.74, 6) is 0.237. The Morgan fingerprint density at radius 3 is 1.63 bits per heavy atom. The number of amides is 1. The first-order valence-electron chi connectivity index (χ1n) is 7.91. The second kappa shape index (κ2) is 10.7. The van der Waals surface area contributed by atoms with E-state index >= 15 is 0 Å². The molecule has 0 rings (SSSR count). The Morgan fingerprint density at radius 1 is 0.895 bits per heavy atom. The second-order valence-corrected chi connectivity index (χ2v) is 7.87. The Kier molecular flexibility index (Phi) is 10.7. The molecular weight excluding hydrogens is 302 g/mol. The molecule has 19 heavy (non-hydrogen) atoms. The third kappa shape index (κ3) is 9.48. The van der Waals surface area contributed by atoms with Crippen molar-refractivity contribution < 1.29 is 4.79 Å². The van der Waals surface area contributed by atoms with E-state index in [1.54, 1.807) is 0 Å². The van der Waals surface area contributed by atoms with Crippen LogP contribution in [0.1, 0.15) is 79.1 Å². The molecule has 0 saturated heterocycles. The SMILES string of the molecule is CCCCCCN(CCCCCC)C(=O)C(C)(C)Br. The number of unbranched alkanes of at least 4 members (excludes halogenated alkanes) is 6. The molecule has 0 heterocycles. The highest BCUT2D eigenvalue weighted by Gasteiger charge is 2.28. The van der Waals surface area contributed by atoms with Crippen LogP contribution in [0.4, 0.5) is 0 Å². The summed E-state index contributed by atoms with van der Waals surface area (Å²) in [6.07, 6.45) is 9.77.